The van der Waals surface area contributed by atoms with Crippen molar-refractivity contribution < 1.29 is 92.7 Å². The van der Waals surface area contributed by atoms with E-state index in [0.29, 0.717) is 49.0 Å². The maximum Gasteiger partial charge on any atom is 0.407 e. The third-order valence-corrected chi connectivity index (χ3v) is 17.3. The molecule has 8 fully saturated rings. The number of ketones is 2. The van der Waals surface area contributed by atoms with Gasteiger partial charge in [-0.15, -0.1) is 0 Å². The van der Waals surface area contributed by atoms with Crippen LogP contribution in [0.2, 0.25) is 0 Å². The summed E-state index contributed by atoms with van der Waals surface area (Å²) in [6.07, 6.45) is -3.94. The number of ether oxygens (including phenoxy) is 6. The highest BCUT2D eigenvalue weighted by Gasteiger charge is 2.76. The van der Waals surface area contributed by atoms with Gasteiger partial charge >= 0.3 is 12.1 Å². The third-order valence-electron chi connectivity index (χ3n) is 17.3. The van der Waals surface area contributed by atoms with Crippen LogP contribution >= 0.6 is 0 Å². The molecule has 9 aliphatic rings. The van der Waals surface area contributed by atoms with Gasteiger partial charge in [0, 0.05) is 54.5 Å². The topological polar surface area (TPSA) is 351 Å². The van der Waals surface area contributed by atoms with E-state index in [9.17, 15) is 59.4 Å². The number of nitrogens with one attached hydrogen (secondary N) is 3. The second-order valence-electron chi connectivity index (χ2n) is 21.8. The van der Waals surface area contributed by atoms with E-state index in [2.05, 4.69) is 27.7 Å². The van der Waals surface area contributed by atoms with Crippen LogP contribution in [0.4, 0.5) is 10.5 Å². The van der Waals surface area contributed by atoms with Gasteiger partial charge in [0.1, 0.15) is 55.2 Å². The molecule has 7 aliphatic carbocycles. The molecule has 2 aromatic rings. The first-order chi connectivity index (χ1) is 35.7. The molecular weight excluding hydrogens is 985 g/mol. The van der Waals surface area contributed by atoms with Crippen molar-refractivity contribution in [2.75, 3.05) is 25.1 Å². The summed E-state index contributed by atoms with van der Waals surface area (Å²) in [6, 6.07) is 11.4. The fraction of sp³-hybridized carbons (Fsp3) is 0.577. The number of alkyl carbamates (subject to hydrolysis) is 1. The minimum absolute atomic E-state index is 0.0306. The molecule has 23 nitrogen and oxygen atoms in total. The number of carboxylic acids is 1. The van der Waals surface area contributed by atoms with Crippen molar-refractivity contribution in [3.8, 4) is 11.5 Å². The van der Waals surface area contributed by atoms with Gasteiger partial charge in [0.2, 0.25) is 18.1 Å². The molecule has 1 unspecified atom stereocenters. The van der Waals surface area contributed by atoms with Crippen molar-refractivity contribution in [1.29, 1.82) is 0 Å². The second kappa shape index (κ2) is 19.6. The largest absolute Gasteiger partial charge is 0.487 e. The number of aliphatic hydroxyl groups excluding tert-OH is 5. The van der Waals surface area contributed by atoms with Crippen LogP contribution in [0.3, 0.4) is 0 Å². The molecule has 2 bridgehead atoms. The van der Waals surface area contributed by atoms with Crippen LogP contribution in [0.15, 0.2) is 66.3 Å². The molecule has 3 amide bonds. The number of allylic oxidation sites excluding steroid dienone is 4. The van der Waals surface area contributed by atoms with Crippen LogP contribution in [-0.4, -0.2) is 145 Å². The average Bonchev–Trinajstić information content (AvgIpc) is 3.85. The molecule has 2 heterocycles. The van der Waals surface area contributed by atoms with E-state index in [-0.39, 0.29) is 61.0 Å². The SMILES string of the molecule is C[C@]12C=CC(=O)C=C1CC[C@@H]1[C@@H]2[C@@H](O)C[C@@]2(C)[C@H]1C[C@H]1OC(c3ccc(OC45CC(NC(=O)OCc6ccc(O[C@@H]7O[C@H](C(=O)O)[C@@H](O)[C@H](O)[C@H]7O)c(NC(=O)CCNC(=O)CON)c6)(C4)C5)cc3)O[C@]12C(=O)CO. The number of carbonyl (C=O) groups excluding carboxylic acids is 5. The molecule has 75 heavy (non-hydrogen) atoms. The molecule has 0 spiro atoms. The molecule has 6 saturated carbocycles. The zero-order valence-electron chi connectivity index (χ0n) is 41.2. The zero-order valence-corrected chi connectivity index (χ0v) is 41.2. The fourth-order valence-corrected chi connectivity index (χ4v) is 13.9. The Morgan fingerprint density at radius 2 is 1.68 bits per heavy atom. The summed E-state index contributed by atoms with van der Waals surface area (Å²) < 4.78 is 36.3. The monoisotopic (exact) mass is 1050 g/mol. The highest BCUT2D eigenvalue weighted by atomic mass is 16.7. The number of aliphatic carboxylic acids is 1. The van der Waals surface area contributed by atoms with E-state index in [1.54, 1.807) is 36.4 Å². The lowest BCUT2D eigenvalue weighted by Crippen LogP contribution is -2.80. The first-order valence-corrected chi connectivity index (χ1v) is 25.1. The number of anilines is 1. The molecular formula is C52H62N4O19. The minimum atomic E-state index is -1.97. The lowest BCUT2D eigenvalue weighted by molar-refractivity contribution is -0.271. The lowest BCUT2D eigenvalue weighted by Gasteiger charge is -2.68. The molecule has 23 heteroatoms. The van der Waals surface area contributed by atoms with E-state index < -0.39 is 120 Å². The van der Waals surface area contributed by atoms with E-state index in [1.807, 2.05) is 13.0 Å². The predicted molar refractivity (Wildman–Crippen MR) is 254 cm³/mol. The van der Waals surface area contributed by atoms with Crippen LogP contribution in [0.5, 0.6) is 11.5 Å². The van der Waals surface area contributed by atoms with Crippen LogP contribution < -0.4 is 31.3 Å². The van der Waals surface area contributed by atoms with Gasteiger partial charge < -0.3 is 75.0 Å². The normalized spacial score (nSPS) is 38.7. The van der Waals surface area contributed by atoms with Crippen molar-refractivity contribution >= 4 is 41.1 Å². The Kier molecular flexibility index (Phi) is 13.7. The van der Waals surface area contributed by atoms with Gasteiger partial charge in [-0.2, -0.15) is 0 Å². The zero-order chi connectivity index (χ0) is 53.4. The van der Waals surface area contributed by atoms with Gasteiger partial charge in [0.15, 0.2) is 29.6 Å². The number of aliphatic hydroxyl groups is 5. The van der Waals surface area contributed by atoms with Gasteiger partial charge in [0.05, 0.1) is 23.4 Å². The summed E-state index contributed by atoms with van der Waals surface area (Å²) in [7, 11) is 0. The first kappa shape index (κ1) is 52.6. The van der Waals surface area contributed by atoms with Gasteiger partial charge in [-0.3, -0.25) is 24.0 Å². The molecule has 11 rings (SSSR count). The Labute approximate surface area is 429 Å². The number of amides is 3. The number of Topliss-reactive ketones (excluding diaryl/α,β-unsaturated/α-hetero) is 1. The Balaban J connectivity index is 0.738. The van der Waals surface area contributed by atoms with Gasteiger partial charge in [-0.1, -0.05) is 43.7 Å². The van der Waals surface area contributed by atoms with Crippen LogP contribution in [-0.2, 0) is 54.4 Å². The lowest BCUT2D eigenvalue weighted by atomic mass is 9.46. The number of benzene rings is 2. The number of hydrogen-bond donors (Lipinski definition) is 10. The Hall–Kier alpha value is -5.86. The van der Waals surface area contributed by atoms with Crippen LogP contribution in [0.25, 0.3) is 0 Å². The highest BCUT2D eigenvalue weighted by molar-refractivity contribution is 6.01. The smallest absolute Gasteiger partial charge is 0.407 e. The summed E-state index contributed by atoms with van der Waals surface area (Å²) >= 11 is 0. The number of rotatable bonds is 17. The summed E-state index contributed by atoms with van der Waals surface area (Å²) in [5, 5.41) is 70.7. The number of carboxylic acid groups (broad SMARTS) is 1. The van der Waals surface area contributed by atoms with Crippen LogP contribution in [0.1, 0.15) is 82.6 Å². The minimum Gasteiger partial charge on any atom is -0.487 e. The summed E-state index contributed by atoms with van der Waals surface area (Å²) in [6.45, 7) is 2.51. The molecule has 14 atom stereocenters. The Bertz CT molecular complexity index is 2680. The number of fused-ring (bicyclic) bond motifs is 7. The van der Waals surface area contributed by atoms with Crippen molar-refractivity contribution in [3.05, 3.63) is 77.4 Å². The molecule has 2 aliphatic heterocycles. The molecule has 2 saturated heterocycles. The number of nitrogens with two attached hydrogens (primary N) is 1. The Morgan fingerprint density at radius 3 is 2.39 bits per heavy atom. The van der Waals surface area contributed by atoms with Gasteiger partial charge in [0.25, 0.3) is 0 Å². The number of hydrogen-bond acceptors (Lipinski definition) is 19. The molecule has 404 valence electrons. The third kappa shape index (κ3) is 9.08. The average molecular weight is 1050 g/mol. The maximum absolute atomic E-state index is 14.0. The standard InChI is InChI=1S/C52H62N4O19/c1-48-13-11-28(58)16-27(48)6-9-30-31-17-36-52(35(60)19-57,49(31,2)18-33(59)39(30)48)75-45(72-36)26-4-7-29(8-5-26)74-51-22-50(23-51,24-51)56-47(68)69-20-25-3-10-34(32(15-25)55-37(61)12-14-54-38(62)21-70-53)71-46-42(65)40(63)41(64)43(73-46)44(66)67/h3-5,7-8,10-11,13,15-16,30-31,33,36,39-43,45-46,57,59,63-65H,6,9,12,14,17-24,53H2,1-2H3,(H,54,62)(H,55,61)(H,56,68)(H,66,67)/t30-,31-,33-,36+,39+,40-,41-,42+,43-,45?,46+,48-,49-,50?,51?,52+/m0/s1. The van der Waals surface area contributed by atoms with E-state index in [0.717, 1.165) is 12.0 Å². The summed E-state index contributed by atoms with van der Waals surface area (Å²) in [4.78, 5) is 80.0. The van der Waals surface area contributed by atoms with Crippen molar-refractivity contribution in [1.82, 2.24) is 10.6 Å². The second-order valence-corrected chi connectivity index (χ2v) is 21.8. The van der Waals surface area contributed by atoms with E-state index in [4.69, 9.17) is 34.3 Å². The molecule has 0 aromatic heterocycles. The van der Waals surface area contributed by atoms with E-state index in [1.165, 1.54) is 18.2 Å². The molecule has 11 N–H and O–H groups in total. The maximum atomic E-state index is 14.0. The highest BCUT2D eigenvalue weighted by Crippen LogP contribution is 2.70. The van der Waals surface area contributed by atoms with Crippen molar-refractivity contribution in [3.63, 3.8) is 0 Å². The van der Waals surface area contributed by atoms with Gasteiger partial charge in [-0.25, -0.2) is 15.5 Å². The Morgan fingerprint density at radius 1 is 0.933 bits per heavy atom. The van der Waals surface area contributed by atoms with Crippen molar-refractivity contribution in [2.45, 2.75) is 138 Å². The molecule has 2 aromatic carbocycles. The van der Waals surface area contributed by atoms with Crippen molar-refractivity contribution in [2.24, 2.45) is 34.5 Å². The first-order valence-electron chi connectivity index (χ1n) is 25.1. The predicted octanol–water partition coefficient (Wildman–Crippen LogP) is 0.876. The fourth-order valence-electron chi connectivity index (χ4n) is 13.9. The quantitative estimate of drug-likeness (QED) is 0.0983. The van der Waals surface area contributed by atoms with Gasteiger partial charge in [-0.05, 0) is 79.5 Å². The van der Waals surface area contributed by atoms with E-state index >= 15 is 0 Å². The number of carbonyl (C=O) groups is 6. The molecule has 0 radical (unpaired) electrons. The van der Waals surface area contributed by atoms with Crippen LogP contribution in [0, 0.1) is 28.6 Å². The summed E-state index contributed by atoms with van der Waals surface area (Å²) in [5.74, 6) is 1.82. The summed E-state index contributed by atoms with van der Waals surface area (Å²) in [5.41, 5.74) is -1.91.